The molecule has 0 aliphatic rings. The summed E-state index contributed by atoms with van der Waals surface area (Å²) in [5.41, 5.74) is 5.39. The molecule has 0 saturated heterocycles. The van der Waals surface area contributed by atoms with Crippen LogP contribution in [0.2, 0.25) is 0 Å². The van der Waals surface area contributed by atoms with Gasteiger partial charge < -0.3 is 10.5 Å². The van der Waals surface area contributed by atoms with E-state index in [2.05, 4.69) is 11.6 Å². The fourth-order valence-electron chi connectivity index (χ4n) is 0.733. The molecule has 2 N–H and O–H groups in total. The number of nitrogens with zero attached hydrogens (tertiary/aromatic N) is 1. The van der Waals surface area contributed by atoms with E-state index in [1.54, 1.807) is 5.38 Å². The molecular formula is C8H10N2O2S. The van der Waals surface area contributed by atoms with Gasteiger partial charge in [0.15, 0.2) is 0 Å². The molecule has 0 bridgehead atoms. The van der Waals surface area contributed by atoms with Crippen molar-refractivity contribution in [3.8, 4) is 0 Å². The number of ether oxygens (including phenoxy) is 1. The molecule has 4 nitrogen and oxygen atoms in total. The maximum atomic E-state index is 11.0. The largest absolute Gasteiger partial charge is 0.461 e. The van der Waals surface area contributed by atoms with Crippen molar-refractivity contribution in [3.05, 3.63) is 23.0 Å². The molecule has 0 amide bonds. The zero-order valence-corrected chi connectivity index (χ0v) is 7.84. The molecule has 1 aromatic rings. The van der Waals surface area contributed by atoms with E-state index in [1.807, 2.05) is 0 Å². The number of esters is 1. The van der Waals surface area contributed by atoms with Crippen LogP contribution < -0.4 is 5.73 Å². The molecule has 0 aromatic carbocycles. The van der Waals surface area contributed by atoms with Gasteiger partial charge in [-0.25, -0.2) is 4.98 Å². The third kappa shape index (κ3) is 3.25. The fraction of sp³-hybridized carbons (Fsp3) is 0.250. The number of hydrogen-bond donors (Lipinski definition) is 1. The Hall–Kier alpha value is -1.36. The molecule has 0 spiro atoms. The molecule has 1 heterocycles. The van der Waals surface area contributed by atoms with Crippen molar-refractivity contribution >= 4 is 23.1 Å². The van der Waals surface area contributed by atoms with Gasteiger partial charge in [0, 0.05) is 5.38 Å². The molecular weight excluding hydrogens is 188 g/mol. The van der Waals surface area contributed by atoms with Gasteiger partial charge in [-0.05, 0) is 0 Å². The van der Waals surface area contributed by atoms with Crippen LogP contribution in [0.1, 0.15) is 5.01 Å². The van der Waals surface area contributed by atoms with E-state index in [9.17, 15) is 4.79 Å². The minimum atomic E-state index is -0.311. The van der Waals surface area contributed by atoms with Crippen LogP contribution in [-0.2, 0) is 16.0 Å². The van der Waals surface area contributed by atoms with Crippen molar-refractivity contribution < 1.29 is 9.53 Å². The van der Waals surface area contributed by atoms with E-state index < -0.39 is 0 Å². The lowest BCUT2D eigenvalue weighted by Crippen LogP contribution is -2.07. The predicted molar refractivity (Wildman–Crippen MR) is 51.4 cm³/mol. The molecule has 0 fully saturated rings. The first kappa shape index (κ1) is 9.73. The van der Waals surface area contributed by atoms with Crippen molar-refractivity contribution in [3.63, 3.8) is 0 Å². The van der Waals surface area contributed by atoms with Gasteiger partial charge in [0.1, 0.15) is 17.4 Å². The Kier molecular flexibility index (Phi) is 3.45. The Bertz CT molecular complexity index is 309. The Morgan fingerprint density at radius 2 is 2.62 bits per heavy atom. The summed E-state index contributed by atoms with van der Waals surface area (Å²) in [6, 6.07) is 0. The number of nitrogens with two attached hydrogens (primary N) is 1. The zero-order chi connectivity index (χ0) is 9.68. The first-order valence-corrected chi connectivity index (χ1v) is 4.56. The highest BCUT2D eigenvalue weighted by Gasteiger charge is 2.06. The molecule has 0 radical (unpaired) electrons. The second-order valence-corrected chi connectivity index (χ2v) is 3.26. The highest BCUT2D eigenvalue weighted by atomic mass is 32.1. The number of carbonyl (C=O) groups is 1. The lowest BCUT2D eigenvalue weighted by atomic mass is 10.4. The van der Waals surface area contributed by atoms with E-state index in [-0.39, 0.29) is 19.0 Å². The Morgan fingerprint density at radius 1 is 1.85 bits per heavy atom. The molecule has 13 heavy (non-hydrogen) atoms. The monoisotopic (exact) mass is 198 g/mol. The van der Waals surface area contributed by atoms with E-state index >= 15 is 0 Å². The summed E-state index contributed by atoms with van der Waals surface area (Å²) in [5.74, 6) is 0.130. The molecule has 1 aromatic heterocycles. The highest BCUT2D eigenvalue weighted by molar-refractivity contribution is 7.10. The van der Waals surface area contributed by atoms with E-state index in [0.29, 0.717) is 10.8 Å². The molecule has 0 aliphatic heterocycles. The van der Waals surface area contributed by atoms with Crippen LogP contribution >= 0.6 is 11.3 Å². The summed E-state index contributed by atoms with van der Waals surface area (Å²) >= 11 is 1.35. The summed E-state index contributed by atoms with van der Waals surface area (Å²) in [6.45, 7) is 3.67. The molecule has 0 atom stereocenters. The SMILES string of the molecule is C=CCOC(=O)Cc1nc(N)cs1. The van der Waals surface area contributed by atoms with Gasteiger partial charge in [-0.2, -0.15) is 0 Å². The highest BCUT2D eigenvalue weighted by Crippen LogP contribution is 2.11. The van der Waals surface area contributed by atoms with E-state index in [0.717, 1.165) is 0 Å². The van der Waals surface area contributed by atoms with Crippen LogP contribution in [0.4, 0.5) is 5.82 Å². The first-order chi connectivity index (χ1) is 6.22. The maximum absolute atomic E-state index is 11.0. The van der Waals surface area contributed by atoms with Crippen molar-refractivity contribution in [2.75, 3.05) is 12.3 Å². The normalized spacial score (nSPS) is 9.54. The van der Waals surface area contributed by atoms with Crippen molar-refractivity contribution in [2.24, 2.45) is 0 Å². The third-order valence-electron chi connectivity index (χ3n) is 1.23. The number of carbonyl (C=O) groups excluding carboxylic acids is 1. The van der Waals surface area contributed by atoms with E-state index in [4.69, 9.17) is 10.5 Å². The van der Waals surface area contributed by atoms with Crippen LogP contribution in [-0.4, -0.2) is 17.6 Å². The second kappa shape index (κ2) is 4.61. The lowest BCUT2D eigenvalue weighted by molar-refractivity contribution is -0.141. The molecule has 5 heteroatoms. The van der Waals surface area contributed by atoms with Crippen LogP contribution in [0, 0.1) is 0 Å². The Morgan fingerprint density at radius 3 is 3.15 bits per heavy atom. The molecule has 0 unspecified atom stereocenters. The average Bonchev–Trinajstić information content (AvgIpc) is 2.48. The number of aromatic nitrogens is 1. The molecule has 70 valence electrons. The minimum absolute atomic E-state index is 0.176. The maximum Gasteiger partial charge on any atom is 0.313 e. The molecule has 1 rings (SSSR count). The molecule has 0 saturated carbocycles. The van der Waals surface area contributed by atoms with Gasteiger partial charge in [-0.3, -0.25) is 4.79 Å². The summed E-state index contributed by atoms with van der Waals surface area (Å²) in [6.07, 6.45) is 1.70. The minimum Gasteiger partial charge on any atom is -0.461 e. The number of rotatable bonds is 4. The van der Waals surface area contributed by atoms with Crippen LogP contribution in [0.15, 0.2) is 18.0 Å². The van der Waals surface area contributed by atoms with Crippen LogP contribution in [0.3, 0.4) is 0 Å². The Balaban J connectivity index is 2.40. The van der Waals surface area contributed by atoms with Gasteiger partial charge in [0.2, 0.25) is 0 Å². The summed E-state index contributed by atoms with van der Waals surface area (Å²) in [5, 5.41) is 2.36. The number of thiazole rings is 1. The first-order valence-electron chi connectivity index (χ1n) is 3.68. The second-order valence-electron chi connectivity index (χ2n) is 2.31. The lowest BCUT2D eigenvalue weighted by Gasteiger charge is -1.97. The van der Waals surface area contributed by atoms with Crippen molar-refractivity contribution in [2.45, 2.75) is 6.42 Å². The van der Waals surface area contributed by atoms with Gasteiger partial charge in [-0.15, -0.1) is 11.3 Å². The predicted octanol–water partition coefficient (Wildman–Crippen LogP) is 0.997. The number of hydrogen-bond acceptors (Lipinski definition) is 5. The Labute approximate surface area is 80.0 Å². The molecule has 0 aliphatic carbocycles. The van der Waals surface area contributed by atoms with Crippen LogP contribution in [0.25, 0.3) is 0 Å². The van der Waals surface area contributed by atoms with Crippen molar-refractivity contribution in [1.82, 2.24) is 4.98 Å². The number of nitrogen functional groups attached to an aromatic ring is 1. The average molecular weight is 198 g/mol. The summed E-state index contributed by atoms with van der Waals surface area (Å²) in [4.78, 5) is 15.0. The van der Waals surface area contributed by atoms with Gasteiger partial charge >= 0.3 is 5.97 Å². The third-order valence-corrected chi connectivity index (χ3v) is 2.09. The van der Waals surface area contributed by atoms with Crippen molar-refractivity contribution in [1.29, 1.82) is 0 Å². The summed E-state index contributed by atoms with van der Waals surface area (Å²) in [7, 11) is 0. The zero-order valence-electron chi connectivity index (χ0n) is 7.03. The topological polar surface area (TPSA) is 65.2 Å². The smallest absolute Gasteiger partial charge is 0.313 e. The standard InChI is InChI=1S/C8H10N2O2S/c1-2-3-12-8(11)4-7-10-6(9)5-13-7/h2,5H,1,3-4,9H2. The fourth-order valence-corrected chi connectivity index (χ4v) is 1.40. The van der Waals surface area contributed by atoms with Gasteiger partial charge in [-0.1, -0.05) is 12.7 Å². The number of anilines is 1. The van der Waals surface area contributed by atoms with Gasteiger partial charge in [0.25, 0.3) is 0 Å². The van der Waals surface area contributed by atoms with Crippen LogP contribution in [0.5, 0.6) is 0 Å². The van der Waals surface area contributed by atoms with Gasteiger partial charge in [0.05, 0.1) is 6.42 Å². The quantitative estimate of drug-likeness (QED) is 0.579. The summed E-state index contributed by atoms with van der Waals surface area (Å²) < 4.78 is 4.77. The van der Waals surface area contributed by atoms with E-state index in [1.165, 1.54) is 17.4 Å².